The van der Waals surface area contributed by atoms with E-state index in [1.165, 1.54) is 25.3 Å². The lowest BCUT2D eigenvalue weighted by Crippen LogP contribution is -2.36. The molecule has 0 aliphatic carbocycles. The van der Waals surface area contributed by atoms with Crippen LogP contribution in [0.15, 0.2) is 47.6 Å². The van der Waals surface area contributed by atoms with E-state index in [0.717, 1.165) is 5.56 Å². The molecule has 1 aliphatic heterocycles. The molecule has 1 aliphatic rings. The molecule has 3 rings (SSSR count). The predicted octanol–water partition coefficient (Wildman–Crippen LogP) is 4.64. The first-order chi connectivity index (χ1) is 15.8. The summed E-state index contributed by atoms with van der Waals surface area (Å²) < 4.78 is 39.5. The quantitative estimate of drug-likeness (QED) is 0.619. The van der Waals surface area contributed by atoms with Gasteiger partial charge in [0.2, 0.25) is 5.91 Å². The lowest BCUT2D eigenvalue weighted by atomic mass is 9.89. The number of amides is 2. The highest BCUT2D eigenvalue weighted by molar-refractivity contribution is 6.06. The number of hydrogen-bond donors (Lipinski definition) is 1. The topological polar surface area (TPSA) is 89.5 Å². The van der Waals surface area contributed by atoms with Crippen molar-refractivity contribution >= 4 is 23.4 Å². The van der Waals surface area contributed by atoms with Gasteiger partial charge in [-0.2, -0.15) is 13.9 Å². The van der Waals surface area contributed by atoms with Crippen molar-refractivity contribution in [3.63, 3.8) is 0 Å². The third kappa shape index (κ3) is 5.97. The highest BCUT2D eigenvalue weighted by Gasteiger charge is 2.30. The van der Waals surface area contributed by atoms with Crippen molar-refractivity contribution in [3.8, 4) is 11.5 Å². The van der Waals surface area contributed by atoms with Crippen molar-refractivity contribution in [2.75, 3.05) is 19.5 Å². The summed E-state index contributed by atoms with van der Waals surface area (Å²) in [5, 5.41) is 8.55. The number of ether oxygens (including phenoxy) is 3. The maximum Gasteiger partial charge on any atom is 0.411 e. The minimum atomic E-state index is -2.97. The molecule has 1 atom stereocenters. The van der Waals surface area contributed by atoms with Crippen LogP contribution in [0, 0.1) is 5.92 Å². The summed E-state index contributed by atoms with van der Waals surface area (Å²) in [5.74, 6) is -0.157. The second kappa shape index (κ2) is 10.8. The fourth-order valence-corrected chi connectivity index (χ4v) is 3.49. The third-order valence-corrected chi connectivity index (χ3v) is 5.21. The summed E-state index contributed by atoms with van der Waals surface area (Å²) in [7, 11) is 2.64. The molecule has 2 amide bonds. The van der Waals surface area contributed by atoms with E-state index >= 15 is 0 Å². The molecular formula is C23H25F2N3O5. The van der Waals surface area contributed by atoms with Crippen LogP contribution in [0.2, 0.25) is 0 Å². The maximum absolute atomic E-state index is 12.7. The van der Waals surface area contributed by atoms with Gasteiger partial charge in [-0.3, -0.25) is 10.1 Å². The number of nitrogens with one attached hydrogen (secondary N) is 1. The zero-order valence-corrected chi connectivity index (χ0v) is 18.5. The Hall–Kier alpha value is -3.69. The Kier molecular flexibility index (Phi) is 7.81. The van der Waals surface area contributed by atoms with Crippen molar-refractivity contribution in [2.24, 2.45) is 11.0 Å². The van der Waals surface area contributed by atoms with Gasteiger partial charge in [-0.25, -0.2) is 9.80 Å². The summed E-state index contributed by atoms with van der Waals surface area (Å²) in [6.07, 6.45) is 0.382. The van der Waals surface area contributed by atoms with Gasteiger partial charge < -0.3 is 14.2 Å². The van der Waals surface area contributed by atoms with E-state index in [1.807, 2.05) is 6.92 Å². The monoisotopic (exact) mass is 461 g/mol. The average Bonchev–Trinajstić information content (AvgIpc) is 2.81. The minimum absolute atomic E-state index is 0.0747. The second-order valence-electron chi connectivity index (χ2n) is 7.30. The molecule has 0 radical (unpaired) electrons. The number of hydrogen-bond acceptors (Lipinski definition) is 6. The van der Waals surface area contributed by atoms with E-state index in [4.69, 9.17) is 4.74 Å². The Bertz CT molecular complexity index is 1030. The third-order valence-electron chi connectivity index (χ3n) is 5.21. The first-order valence-electron chi connectivity index (χ1n) is 10.3. The molecule has 2 aromatic carbocycles. The van der Waals surface area contributed by atoms with E-state index in [1.54, 1.807) is 36.4 Å². The van der Waals surface area contributed by atoms with Gasteiger partial charge >= 0.3 is 12.7 Å². The van der Waals surface area contributed by atoms with Crippen LogP contribution in [0.25, 0.3) is 0 Å². The number of alkyl halides is 2. The number of carbonyl (C=O) groups excluding carboxylic acids is 2. The number of carbonyl (C=O) groups is 2. The number of hydrazone groups is 1. The van der Waals surface area contributed by atoms with E-state index in [9.17, 15) is 18.4 Å². The van der Waals surface area contributed by atoms with Gasteiger partial charge in [-0.1, -0.05) is 19.1 Å². The number of halogens is 2. The Labute approximate surface area is 190 Å². The van der Waals surface area contributed by atoms with E-state index < -0.39 is 12.7 Å². The number of rotatable bonds is 8. The molecule has 176 valence electrons. The second-order valence-corrected chi connectivity index (χ2v) is 7.30. The average molecular weight is 461 g/mol. The van der Waals surface area contributed by atoms with E-state index in [0.29, 0.717) is 23.4 Å². The summed E-state index contributed by atoms with van der Waals surface area (Å²) in [5.41, 5.74) is 2.71. The largest absolute Gasteiger partial charge is 0.493 e. The normalized spacial score (nSPS) is 15.8. The molecule has 0 spiro atoms. The molecule has 0 saturated carbocycles. The van der Waals surface area contributed by atoms with Crippen molar-refractivity contribution < 1.29 is 32.6 Å². The molecular weight excluding hydrogens is 436 g/mol. The van der Waals surface area contributed by atoms with Crippen molar-refractivity contribution in [1.29, 1.82) is 0 Å². The molecule has 1 heterocycles. The Morgan fingerprint density at radius 3 is 2.52 bits per heavy atom. The molecule has 2 aromatic rings. The van der Waals surface area contributed by atoms with Crippen LogP contribution in [0.4, 0.5) is 19.3 Å². The van der Waals surface area contributed by atoms with Crippen LogP contribution in [0.1, 0.15) is 30.9 Å². The molecule has 1 N–H and O–H groups in total. The van der Waals surface area contributed by atoms with E-state index in [-0.39, 0.29) is 36.3 Å². The highest BCUT2D eigenvalue weighted by Crippen LogP contribution is 2.33. The molecule has 0 aromatic heterocycles. The Morgan fingerprint density at radius 2 is 1.91 bits per heavy atom. The van der Waals surface area contributed by atoms with Gasteiger partial charge in [-0.15, -0.1) is 0 Å². The molecule has 8 nitrogen and oxygen atoms in total. The highest BCUT2D eigenvalue weighted by atomic mass is 19.3. The van der Waals surface area contributed by atoms with Crippen molar-refractivity contribution in [2.45, 2.75) is 32.9 Å². The molecule has 0 bridgehead atoms. The maximum atomic E-state index is 12.7. The number of methoxy groups -OCH3 is 2. The fraction of sp³-hybridized carbons (Fsp3) is 0.348. The molecule has 0 fully saturated rings. The summed E-state index contributed by atoms with van der Waals surface area (Å²) in [6.45, 7) is -0.773. The summed E-state index contributed by atoms with van der Waals surface area (Å²) in [6, 6.07) is 11.6. The van der Waals surface area contributed by atoms with Gasteiger partial charge in [0.05, 0.1) is 26.5 Å². The lowest BCUT2D eigenvalue weighted by molar-refractivity contribution is -0.133. The van der Waals surface area contributed by atoms with Crippen LogP contribution in [0.5, 0.6) is 11.5 Å². The van der Waals surface area contributed by atoms with Crippen molar-refractivity contribution in [3.05, 3.63) is 53.6 Å². The zero-order valence-electron chi connectivity index (χ0n) is 18.5. The lowest BCUT2D eigenvalue weighted by Gasteiger charge is -2.29. The molecule has 33 heavy (non-hydrogen) atoms. The van der Waals surface area contributed by atoms with Crippen LogP contribution < -0.4 is 14.8 Å². The standard InChI is InChI=1S/C23H25F2N3O5/c1-4-15-12-20(29)28(13-14-5-8-17(9-6-14)26-23(30)32-3)27-21(15)16-7-10-18(33-22(24)25)19(11-16)31-2/h5-11,15,22H,4,12-13H2,1-3H3,(H,26,30). The first kappa shape index (κ1) is 24.0. The SMILES string of the molecule is CCC1CC(=O)N(Cc2ccc(NC(=O)OC)cc2)N=C1c1ccc(OC(F)F)c(OC)c1. The number of nitrogens with zero attached hydrogens (tertiary/aromatic N) is 2. The summed E-state index contributed by atoms with van der Waals surface area (Å²) >= 11 is 0. The number of benzene rings is 2. The van der Waals surface area contributed by atoms with Crippen molar-refractivity contribution in [1.82, 2.24) is 5.01 Å². The number of anilines is 1. The van der Waals surface area contributed by atoms with Crippen LogP contribution >= 0.6 is 0 Å². The Morgan fingerprint density at radius 1 is 1.18 bits per heavy atom. The summed E-state index contributed by atoms with van der Waals surface area (Å²) in [4.78, 5) is 24.0. The molecule has 10 heteroatoms. The Balaban J connectivity index is 1.85. The van der Waals surface area contributed by atoms with Gasteiger partial charge in [0.1, 0.15) is 0 Å². The smallest absolute Gasteiger partial charge is 0.411 e. The van der Waals surface area contributed by atoms with Crippen LogP contribution in [-0.4, -0.2) is 43.6 Å². The predicted molar refractivity (Wildman–Crippen MR) is 118 cm³/mol. The van der Waals surface area contributed by atoms with Gasteiger partial charge in [0.15, 0.2) is 11.5 Å². The zero-order chi connectivity index (χ0) is 24.0. The molecule has 0 saturated heterocycles. The minimum Gasteiger partial charge on any atom is -0.493 e. The van der Waals surface area contributed by atoms with Crippen LogP contribution in [-0.2, 0) is 16.1 Å². The fourth-order valence-electron chi connectivity index (χ4n) is 3.49. The molecule has 1 unspecified atom stereocenters. The van der Waals surface area contributed by atoms with Gasteiger partial charge in [0, 0.05) is 23.6 Å². The van der Waals surface area contributed by atoms with E-state index in [2.05, 4.69) is 19.9 Å². The first-order valence-corrected chi connectivity index (χ1v) is 10.3. The van der Waals surface area contributed by atoms with Crippen LogP contribution in [0.3, 0.4) is 0 Å². The van der Waals surface area contributed by atoms with Gasteiger partial charge in [-0.05, 0) is 42.3 Å². The van der Waals surface area contributed by atoms with Gasteiger partial charge in [0.25, 0.3) is 0 Å².